The molecule has 114 valence electrons. The Kier molecular flexibility index (Phi) is 3.80. The van der Waals surface area contributed by atoms with Crippen molar-refractivity contribution in [3.63, 3.8) is 0 Å². The average Bonchev–Trinajstić information content (AvgIpc) is 2.85. The van der Waals surface area contributed by atoms with Gasteiger partial charge in [0.05, 0.1) is 0 Å². The molecule has 1 N–H and O–H groups in total. The summed E-state index contributed by atoms with van der Waals surface area (Å²) < 4.78 is 8.10. The van der Waals surface area contributed by atoms with Crippen molar-refractivity contribution in [3.05, 3.63) is 59.8 Å². The lowest BCUT2D eigenvalue weighted by Crippen LogP contribution is -1.98. The van der Waals surface area contributed by atoms with Crippen molar-refractivity contribution in [1.82, 2.24) is 4.57 Å². The van der Waals surface area contributed by atoms with Crippen molar-refractivity contribution in [2.75, 3.05) is 0 Å². The van der Waals surface area contributed by atoms with Crippen LogP contribution in [0.15, 0.2) is 48.7 Å². The van der Waals surface area contributed by atoms with Crippen molar-refractivity contribution < 1.29 is 9.84 Å². The van der Waals surface area contributed by atoms with E-state index in [0.717, 1.165) is 22.2 Å². The predicted molar refractivity (Wildman–Crippen MR) is 89.5 cm³/mol. The van der Waals surface area contributed by atoms with E-state index in [9.17, 15) is 5.11 Å². The van der Waals surface area contributed by atoms with Crippen molar-refractivity contribution in [2.45, 2.75) is 33.4 Å². The summed E-state index contributed by atoms with van der Waals surface area (Å²) in [7, 11) is 0. The molecule has 0 aliphatic carbocycles. The molecule has 3 rings (SSSR count). The molecule has 0 unspecified atom stereocenters. The fourth-order valence-electron chi connectivity index (χ4n) is 2.65. The standard InChI is InChI=1S/C19H21NO2/c1-13(2)20-11-15(18-10-16(21)6-9-19(18)20)12-22-17-7-4-14(3)5-8-17/h4-11,13,21H,12H2,1-3H3. The number of aromatic hydroxyl groups is 1. The topological polar surface area (TPSA) is 34.4 Å². The van der Waals surface area contributed by atoms with Crippen molar-refractivity contribution >= 4 is 10.9 Å². The normalized spacial score (nSPS) is 11.3. The van der Waals surface area contributed by atoms with Gasteiger partial charge < -0.3 is 14.4 Å². The van der Waals surface area contributed by atoms with Crippen LogP contribution in [0.3, 0.4) is 0 Å². The molecule has 22 heavy (non-hydrogen) atoms. The van der Waals surface area contributed by atoms with E-state index in [2.05, 4.69) is 31.5 Å². The van der Waals surface area contributed by atoms with Crippen molar-refractivity contribution in [2.24, 2.45) is 0 Å². The lowest BCUT2D eigenvalue weighted by atomic mass is 10.2. The van der Waals surface area contributed by atoms with Gasteiger partial charge in [-0.3, -0.25) is 0 Å². The Morgan fingerprint density at radius 1 is 1.09 bits per heavy atom. The van der Waals surface area contributed by atoms with E-state index in [1.807, 2.05) is 36.4 Å². The molecule has 3 nitrogen and oxygen atoms in total. The number of hydrogen-bond donors (Lipinski definition) is 1. The highest BCUT2D eigenvalue weighted by Crippen LogP contribution is 2.29. The minimum absolute atomic E-state index is 0.283. The minimum Gasteiger partial charge on any atom is -0.508 e. The largest absolute Gasteiger partial charge is 0.508 e. The Labute approximate surface area is 130 Å². The molecule has 1 heterocycles. The number of hydrogen-bond acceptors (Lipinski definition) is 2. The number of rotatable bonds is 4. The lowest BCUT2D eigenvalue weighted by Gasteiger charge is -2.08. The van der Waals surface area contributed by atoms with Gasteiger partial charge >= 0.3 is 0 Å². The molecule has 0 saturated carbocycles. The third kappa shape index (κ3) is 2.80. The van der Waals surface area contributed by atoms with Gasteiger partial charge in [0.1, 0.15) is 18.1 Å². The van der Waals surface area contributed by atoms with Gasteiger partial charge in [0.2, 0.25) is 0 Å². The number of fused-ring (bicyclic) bond motifs is 1. The Morgan fingerprint density at radius 3 is 2.50 bits per heavy atom. The molecule has 0 bridgehead atoms. The molecule has 0 aliphatic heterocycles. The summed E-state index contributed by atoms with van der Waals surface area (Å²) in [6.45, 7) is 6.85. The number of ether oxygens (including phenoxy) is 1. The fraction of sp³-hybridized carbons (Fsp3) is 0.263. The first-order chi connectivity index (χ1) is 10.5. The summed E-state index contributed by atoms with van der Waals surface area (Å²) in [4.78, 5) is 0. The Bertz CT molecular complexity index is 785. The van der Waals surface area contributed by atoms with Crippen LogP contribution in [0.1, 0.15) is 31.0 Å². The molecule has 0 atom stereocenters. The van der Waals surface area contributed by atoms with Crippen LogP contribution >= 0.6 is 0 Å². The summed E-state index contributed by atoms with van der Waals surface area (Å²) in [5.41, 5.74) is 3.42. The number of aromatic nitrogens is 1. The second-order valence-electron chi connectivity index (χ2n) is 5.96. The first-order valence-electron chi connectivity index (χ1n) is 7.56. The van der Waals surface area contributed by atoms with Crippen LogP contribution in [0.5, 0.6) is 11.5 Å². The summed E-state index contributed by atoms with van der Waals surface area (Å²) >= 11 is 0. The van der Waals surface area contributed by atoms with Gasteiger partial charge in [-0.15, -0.1) is 0 Å². The number of nitrogens with zero attached hydrogens (tertiary/aromatic N) is 1. The lowest BCUT2D eigenvalue weighted by molar-refractivity contribution is 0.307. The van der Waals surface area contributed by atoms with E-state index >= 15 is 0 Å². The van der Waals surface area contributed by atoms with Gasteiger partial charge in [0.25, 0.3) is 0 Å². The van der Waals surface area contributed by atoms with Crippen LogP contribution in [-0.4, -0.2) is 9.67 Å². The zero-order valence-electron chi connectivity index (χ0n) is 13.2. The van der Waals surface area contributed by atoms with Crippen LogP contribution < -0.4 is 4.74 Å². The molecule has 0 fully saturated rings. The Balaban J connectivity index is 1.92. The van der Waals surface area contributed by atoms with Crippen LogP contribution in [0.2, 0.25) is 0 Å². The summed E-state index contributed by atoms with van der Waals surface area (Å²) in [6, 6.07) is 13.9. The van der Waals surface area contributed by atoms with Gasteiger partial charge in [-0.2, -0.15) is 0 Å². The third-order valence-corrected chi connectivity index (χ3v) is 3.87. The molecule has 2 aromatic carbocycles. The van der Waals surface area contributed by atoms with Crippen LogP contribution in [0.4, 0.5) is 0 Å². The third-order valence-electron chi connectivity index (χ3n) is 3.87. The van der Waals surface area contributed by atoms with E-state index in [4.69, 9.17) is 4.74 Å². The van der Waals surface area contributed by atoms with Crippen LogP contribution in [0.25, 0.3) is 10.9 Å². The molecule has 0 aliphatic rings. The van der Waals surface area contributed by atoms with Crippen molar-refractivity contribution in [3.8, 4) is 11.5 Å². The minimum atomic E-state index is 0.283. The zero-order chi connectivity index (χ0) is 15.7. The number of aryl methyl sites for hydroxylation is 1. The van der Waals surface area contributed by atoms with E-state index < -0.39 is 0 Å². The van der Waals surface area contributed by atoms with E-state index in [1.54, 1.807) is 6.07 Å². The summed E-state index contributed by atoms with van der Waals surface area (Å²) in [5.74, 6) is 1.14. The molecule has 3 heteroatoms. The second kappa shape index (κ2) is 5.76. The Morgan fingerprint density at radius 2 is 1.82 bits per heavy atom. The maximum Gasteiger partial charge on any atom is 0.119 e. The average molecular weight is 295 g/mol. The smallest absolute Gasteiger partial charge is 0.119 e. The predicted octanol–water partition coefficient (Wildman–Crippen LogP) is 4.82. The van der Waals surface area contributed by atoms with Crippen LogP contribution in [-0.2, 0) is 6.61 Å². The first kappa shape index (κ1) is 14.5. The fourth-order valence-corrected chi connectivity index (χ4v) is 2.65. The molecule has 0 amide bonds. The van der Waals surface area contributed by atoms with Crippen molar-refractivity contribution in [1.29, 1.82) is 0 Å². The SMILES string of the molecule is Cc1ccc(OCc2cn(C(C)C)c3ccc(O)cc23)cc1. The highest BCUT2D eigenvalue weighted by molar-refractivity contribution is 5.85. The highest BCUT2D eigenvalue weighted by Gasteiger charge is 2.11. The monoisotopic (exact) mass is 295 g/mol. The van der Waals surface area contributed by atoms with Gasteiger partial charge in [0, 0.05) is 28.7 Å². The van der Waals surface area contributed by atoms with E-state index in [-0.39, 0.29) is 5.75 Å². The van der Waals surface area contributed by atoms with Gasteiger partial charge in [0.15, 0.2) is 0 Å². The van der Waals surface area contributed by atoms with Gasteiger partial charge in [-0.05, 0) is 51.1 Å². The summed E-state index contributed by atoms with van der Waals surface area (Å²) in [5, 5.41) is 10.8. The number of benzene rings is 2. The zero-order valence-corrected chi connectivity index (χ0v) is 13.2. The maximum atomic E-state index is 9.77. The molecule has 1 aromatic heterocycles. The molecule has 0 radical (unpaired) electrons. The van der Waals surface area contributed by atoms with Crippen LogP contribution in [0, 0.1) is 6.92 Å². The molecule has 0 saturated heterocycles. The second-order valence-corrected chi connectivity index (χ2v) is 5.96. The number of phenolic OH excluding ortho intramolecular Hbond substituents is 1. The Hall–Kier alpha value is -2.42. The molecule has 0 spiro atoms. The molecule has 3 aromatic rings. The summed E-state index contributed by atoms with van der Waals surface area (Å²) in [6.07, 6.45) is 2.11. The molecular weight excluding hydrogens is 274 g/mol. The van der Waals surface area contributed by atoms with E-state index in [0.29, 0.717) is 12.6 Å². The number of phenols is 1. The highest BCUT2D eigenvalue weighted by atomic mass is 16.5. The molecular formula is C19H21NO2. The van der Waals surface area contributed by atoms with Gasteiger partial charge in [-0.25, -0.2) is 0 Å². The van der Waals surface area contributed by atoms with E-state index in [1.165, 1.54) is 5.56 Å². The quantitative estimate of drug-likeness (QED) is 0.749. The first-order valence-corrected chi connectivity index (χ1v) is 7.56. The van der Waals surface area contributed by atoms with Gasteiger partial charge in [-0.1, -0.05) is 17.7 Å². The maximum absolute atomic E-state index is 9.77.